The Kier molecular flexibility index (Phi) is 33.9. The molecule has 0 spiro atoms. The molecule has 0 amide bonds. The molecule has 0 bridgehead atoms. The van der Waals surface area contributed by atoms with Crippen molar-refractivity contribution >= 4 is 134 Å². The van der Waals surface area contributed by atoms with Gasteiger partial charge in [0, 0.05) is 82.0 Å². The Bertz CT molecular complexity index is 4810. The maximum atomic E-state index is 13.9. The van der Waals surface area contributed by atoms with Crippen LogP contribution in [-0.4, -0.2) is 134 Å². The van der Waals surface area contributed by atoms with Crippen LogP contribution < -0.4 is 14.8 Å². The van der Waals surface area contributed by atoms with Gasteiger partial charge in [-0.15, -0.1) is 22.4 Å². The molecule has 0 aliphatic heterocycles. The van der Waals surface area contributed by atoms with Gasteiger partial charge in [-0.1, -0.05) is 60.7 Å². The minimum absolute atomic E-state index is 0. The van der Waals surface area contributed by atoms with Crippen LogP contribution in [0.3, 0.4) is 0 Å². The zero-order valence-corrected chi connectivity index (χ0v) is 59.9. The van der Waals surface area contributed by atoms with E-state index in [2.05, 4.69) is 64.5 Å². The van der Waals surface area contributed by atoms with Crippen LogP contribution in [0, 0.1) is 7.43 Å². The molecule has 0 saturated heterocycles. The van der Waals surface area contributed by atoms with Crippen molar-refractivity contribution < 1.29 is 143 Å². The number of carbonyl (C=O) groups excluding carboxylic acids is 4. The molecule has 0 aliphatic rings. The molecular weight excluding hydrogens is 1540 g/mol. The summed E-state index contributed by atoms with van der Waals surface area (Å²) in [6.45, 7) is 0.289. The Morgan fingerprint density at radius 3 is 1.16 bits per heavy atom. The number of halogens is 4. The predicted octanol–water partition coefficient (Wildman–Crippen LogP) is 13.4. The SMILES string of the molecule is CO.COC(=O)c1cc2cc(O)ccc2[nH]1.COC(=O)c1cc2cc(OSOOC(F)(F)F)ccc2[nH]1.COC(=O)c1cc2cc(P(=O)(O)O)ccc2[nH]1.COC(=O)c1cc2cc(P(=O)(OCc3ccccc3)OCc3ccccc3)ccc2[nH]1.COCl.O=C(O)c1cc2cc(O)ccc2[nH]1.[CH3-].[Pd]. The summed E-state index contributed by atoms with van der Waals surface area (Å²) < 4.78 is 102. The number of carbonyl (C=O) groups is 5. The molecule has 0 aliphatic carbocycles. The van der Waals surface area contributed by atoms with Crippen molar-refractivity contribution in [3.63, 3.8) is 0 Å². The number of hydrogen-bond acceptors (Lipinski definition) is 21. The summed E-state index contributed by atoms with van der Waals surface area (Å²) >= 11 is 4.51. The number of alkyl halides is 3. The molecule has 7 aromatic carbocycles. The number of nitrogens with one attached hydrogen (secondary N) is 5. The second-order valence-corrected chi connectivity index (χ2v) is 24.4. The second kappa shape index (κ2) is 40.8. The van der Waals surface area contributed by atoms with E-state index < -0.39 is 51.4 Å². The number of benzene rings is 7. The number of phenols is 2. The van der Waals surface area contributed by atoms with Crippen LogP contribution in [0.5, 0.6) is 17.2 Å². The fourth-order valence-electron chi connectivity index (χ4n) is 8.75. The van der Waals surface area contributed by atoms with E-state index in [0.717, 1.165) is 34.7 Å². The third kappa shape index (κ3) is 25.6. The minimum atomic E-state index is -4.91. The molecule has 0 atom stereocenters. The van der Waals surface area contributed by atoms with Gasteiger partial charge in [-0.3, -0.25) is 13.4 Å². The Labute approximate surface area is 607 Å². The summed E-state index contributed by atoms with van der Waals surface area (Å²) in [5, 5.41) is 37.7. The van der Waals surface area contributed by atoms with Crippen LogP contribution in [0.2, 0.25) is 0 Å². The average Bonchev–Trinajstić information content (AvgIpc) is 1.74. The third-order valence-electron chi connectivity index (χ3n) is 13.3. The fourth-order valence-corrected chi connectivity index (χ4v) is 11.2. The van der Waals surface area contributed by atoms with E-state index in [1.807, 2.05) is 60.7 Å². The number of fused-ring (bicyclic) bond motifs is 5. The summed E-state index contributed by atoms with van der Waals surface area (Å²) in [5.74, 6) is -2.44. The van der Waals surface area contributed by atoms with Gasteiger partial charge in [0.2, 0.25) is 0 Å². The molecule has 103 heavy (non-hydrogen) atoms. The van der Waals surface area contributed by atoms with Crippen molar-refractivity contribution in [2.45, 2.75) is 19.6 Å². The Balaban J connectivity index is 0.000000276. The van der Waals surface area contributed by atoms with Gasteiger partial charge in [0.15, 0.2) is 0 Å². The first-order valence-corrected chi connectivity index (χ1v) is 32.8. The smallest absolute Gasteiger partial charge is 0.508 e. The van der Waals surface area contributed by atoms with Crippen molar-refractivity contribution in [3.8, 4) is 17.2 Å². The number of aliphatic hydroxyl groups is 1. The Morgan fingerprint density at radius 1 is 0.476 bits per heavy atom. The van der Waals surface area contributed by atoms with Gasteiger partial charge in [-0.2, -0.15) is 0 Å². The van der Waals surface area contributed by atoms with Gasteiger partial charge in [-0.25, -0.2) is 24.0 Å². The molecule has 28 nitrogen and oxygen atoms in total. The van der Waals surface area contributed by atoms with Gasteiger partial charge in [0.25, 0.3) is 12.3 Å². The van der Waals surface area contributed by atoms with Crippen molar-refractivity contribution in [2.24, 2.45) is 0 Å². The predicted molar refractivity (Wildman–Crippen MR) is 372 cm³/mol. The van der Waals surface area contributed by atoms with Gasteiger partial charge in [0.05, 0.1) is 71.2 Å². The van der Waals surface area contributed by atoms with E-state index in [4.69, 9.17) is 43.1 Å². The minimum Gasteiger partial charge on any atom is -0.508 e. The van der Waals surface area contributed by atoms with Crippen LogP contribution in [-0.2, 0) is 84.3 Å². The standard InChI is InChI=1S/C24H22NO5P.C11H8F3NO5S.C10H10NO5P.C10H9NO3.C9H7NO3.CH3ClO.CH4O.CH3.Pd/c1-28-24(26)23-15-20-14-21(12-13-22(20)25-23)31(27,29-16-18-8-4-2-5-9-18)30-17-19-10-6-3-7-11-19;1-17-10(16)9-5-6-4-7(2-3-8(6)15-9)18-21-20-19-11(12,13)14;1-16-10(12)9-5-6-4-7(17(13,14)15)2-3-8(6)11-9;1-14-10(13)9-5-6-4-7(12)2-3-8(6)11-9;11-6-1-2-7-5(3-6)4-8(10-7)9(12)13;1-3-2;1-2;;/h2-15,25H,16-17H2,1H3;2-5,15H,1H3;2-5,11H,1H3,(H2,13,14,15);2-5,11-12H,1H3;1-4,10-11H,(H,12,13);1H3;2H,1H3;1H3;/q;;;;;;;-1;. The van der Waals surface area contributed by atoms with Crippen molar-refractivity contribution in [3.05, 3.63) is 229 Å². The molecule has 5 heterocycles. The molecule has 5 aromatic heterocycles. The first kappa shape index (κ1) is 85.6. The van der Waals surface area contributed by atoms with Crippen LogP contribution in [0.15, 0.2) is 182 Å². The first-order valence-electron chi connectivity index (χ1n) is 28.6. The van der Waals surface area contributed by atoms with Gasteiger partial charge in [0.1, 0.15) is 45.7 Å². The number of aromatic amines is 5. The summed E-state index contributed by atoms with van der Waals surface area (Å²) in [5.41, 5.74) is 6.57. The number of H-pyrrole nitrogens is 5. The van der Waals surface area contributed by atoms with Crippen LogP contribution in [0.1, 0.15) is 63.6 Å². The monoisotopic (exact) mass is 1600 g/mol. The normalized spacial score (nSPS) is 10.7. The van der Waals surface area contributed by atoms with E-state index in [0.29, 0.717) is 54.8 Å². The van der Waals surface area contributed by atoms with Crippen molar-refractivity contribution in [1.29, 1.82) is 0 Å². The maximum Gasteiger partial charge on any atom is 0.550 e. The number of hydrogen-bond donors (Lipinski definition) is 11. The molecule has 12 aromatic rings. The van der Waals surface area contributed by atoms with Crippen molar-refractivity contribution in [2.75, 3.05) is 42.7 Å². The largest absolute Gasteiger partial charge is 0.550 e. The molecule has 0 fully saturated rings. The maximum absolute atomic E-state index is 13.9. The fraction of sp³-hybridized carbons (Fsp3) is 0.134. The number of methoxy groups -OCH3 is 4. The molecule has 0 unspecified atom stereocenters. The average molecular weight is 1600 g/mol. The van der Waals surface area contributed by atoms with Gasteiger partial charge in [-0.05, 0) is 132 Å². The van der Waals surface area contributed by atoms with Crippen LogP contribution >= 0.6 is 39.4 Å². The number of aromatic nitrogens is 5. The summed E-state index contributed by atoms with van der Waals surface area (Å²) in [4.78, 5) is 91.4. The van der Waals surface area contributed by atoms with Gasteiger partial charge >= 0.3 is 51.4 Å². The molecule has 12 rings (SSSR count). The number of carboxylic acids is 1. The summed E-state index contributed by atoms with van der Waals surface area (Å²) in [7, 11) is -0.390. The van der Waals surface area contributed by atoms with E-state index in [1.165, 1.54) is 96.2 Å². The summed E-state index contributed by atoms with van der Waals surface area (Å²) in [6.07, 6.45) is -4.91. The number of aromatic carboxylic acids is 1. The van der Waals surface area contributed by atoms with Gasteiger partial charge < -0.3 is 94.7 Å². The van der Waals surface area contributed by atoms with E-state index >= 15 is 0 Å². The number of phenolic OH excluding ortho intramolecular Hbond substituents is 2. The van der Waals surface area contributed by atoms with Crippen LogP contribution in [0.4, 0.5) is 13.2 Å². The second-order valence-electron chi connectivity index (χ2n) is 20.0. The molecule has 0 radical (unpaired) electrons. The zero-order chi connectivity index (χ0) is 74.0. The van der Waals surface area contributed by atoms with E-state index in [1.54, 1.807) is 60.7 Å². The molecule has 11 N–H and O–H groups in total. The first-order chi connectivity index (χ1) is 48.2. The number of carboxylic acid groups (broad SMARTS) is 1. The van der Waals surface area contributed by atoms with E-state index in [9.17, 15) is 51.4 Å². The Morgan fingerprint density at radius 2 is 0.796 bits per heavy atom. The molecular formula is C67H66ClF3N5O23P2PdS-. The number of rotatable bonds is 17. The van der Waals surface area contributed by atoms with E-state index in [-0.39, 0.29) is 93.0 Å². The quantitative estimate of drug-likeness (QED) is 0.00464. The summed E-state index contributed by atoms with van der Waals surface area (Å²) in [6, 6.07) is 50.2. The Hall–Kier alpha value is -9.78. The van der Waals surface area contributed by atoms with Crippen LogP contribution in [0.25, 0.3) is 54.5 Å². The molecule has 36 heteroatoms. The number of aliphatic hydroxyl groups excluding tert-OH is 1. The third-order valence-corrected chi connectivity index (χ3v) is 16.5. The topological polar surface area (TPSA) is 412 Å². The number of esters is 4. The van der Waals surface area contributed by atoms with Crippen molar-refractivity contribution in [1.82, 2.24) is 24.9 Å². The zero-order valence-electron chi connectivity index (χ0n) is 55.0. The molecule has 552 valence electrons. The molecule has 0 saturated carbocycles. The number of aromatic hydroxyl groups is 2. The number of ether oxygens (including phenoxy) is 4.